The summed E-state index contributed by atoms with van der Waals surface area (Å²) in [5.41, 5.74) is 1.42. The van der Waals surface area contributed by atoms with E-state index < -0.39 is 11.9 Å². The Labute approximate surface area is 155 Å². The molecule has 6 nitrogen and oxygen atoms in total. The van der Waals surface area contributed by atoms with E-state index >= 15 is 0 Å². The van der Waals surface area contributed by atoms with Crippen molar-refractivity contribution in [1.82, 2.24) is 0 Å². The van der Waals surface area contributed by atoms with Crippen molar-refractivity contribution in [2.45, 2.75) is 6.42 Å². The molecule has 3 rings (SSSR count). The second-order valence-corrected chi connectivity index (χ2v) is 6.32. The van der Waals surface area contributed by atoms with Crippen molar-refractivity contribution in [2.24, 2.45) is 5.92 Å². The summed E-state index contributed by atoms with van der Waals surface area (Å²) < 4.78 is 4.70. The van der Waals surface area contributed by atoms with Gasteiger partial charge in [0.1, 0.15) is 0 Å². The number of esters is 1. The molecule has 2 aromatic carbocycles. The smallest absolute Gasteiger partial charge is 0.337 e. The van der Waals surface area contributed by atoms with Crippen molar-refractivity contribution in [3.05, 3.63) is 59.1 Å². The minimum Gasteiger partial charge on any atom is -0.465 e. The van der Waals surface area contributed by atoms with Gasteiger partial charge < -0.3 is 15.0 Å². The first-order chi connectivity index (χ1) is 12.5. The fourth-order valence-corrected chi connectivity index (χ4v) is 3.03. The SMILES string of the molecule is COC(=O)c1cccc(N2CC(C(=O)Nc3ccccc3Cl)CC2=O)c1. The van der Waals surface area contributed by atoms with Crippen LogP contribution < -0.4 is 10.2 Å². The normalized spacial score (nSPS) is 16.5. The van der Waals surface area contributed by atoms with E-state index in [2.05, 4.69) is 5.32 Å². The molecule has 1 atom stereocenters. The number of nitrogens with one attached hydrogen (secondary N) is 1. The lowest BCUT2D eigenvalue weighted by atomic mass is 10.1. The summed E-state index contributed by atoms with van der Waals surface area (Å²) in [5, 5.41) is 3.20. The van der Waals surface area contributed by atoms with Crippen molar-refractivity contribution >= 4 is 40.8 Å². The lowest BCUT2D eigenvalue weighted by Gasteiger charge is -2.17. The van der Waals surface area contributed by atoms with Gasteiger partial charge in [-0.1, -0.05) is 29.8 Å². The number of ether oxygens (including phenoxy) is 1. The molecule has 1 fully saturated rings. The van der Waals surface area contributed by atoms with E-state index in [1.54, 1.807) is 48.5 Å². The van der Waals surface area contributed by atoms with Crippen LogP contribution in [0.4, 0.5) is 11.4 Å². The van der Waals surface area contributed by atoms with Gasteiger partial charge in [0.25, 0.3) is 0 Å². The van der Waals surface area contributed by atoms with Gasteiger partial charge >= 0.3 is 5.97 Å². The number of anilines is 2. The van der Waals surface area contributed by atoms with Crippen LogP contribution in [0.5, 0.6) is 0 Å². The predicted molar refractivity (Wildman–Crippen MR) is 98.3 cm³/mol. The molecule has 134 valence electrons. The average Bonchev–Trinajstić information content (AvgIpc) is 3.05. The van der Waals surface area contributed by atoms with Crippen molar-refractivity contribution in [3.8, 4) is 0 Å². The van der Waals surface area contributed by atoms with Gasteiger partial charge in [-0.3, -0.25) is 9.59 Å². The van der Waals surface area contributed by atoms with E-state index in [9.17, 15) is 14.4 Å². The van der Waals surface area contributed by atoms with E-state index in [-0.39, 0.29) is 24.8 Å². The topological polar surface area (TPSA) is 75.7 Å². The molecule has 1 N–H and O–H groups in total. The molecule has 0 bridgehead atoms. The average molecular weight is 373 g/mol. The highest BCUT2D eigenvalue weighted by Gasteiger charge is 2.35. The second kappa shape index (κ2) is 7.58. The van der Waals surface area contributed by atoms with E-state index in [0.717, 1.165) is 0 Å². The quantitative estimate of drug-likeness (QED) is 0.837. The summed E-state index contributed by atoms with van der Waals surface area (Å²) in [6, 6.07) is 13.5. The Bertz CT molecular complexity index is 868. The third-order valence-electron chi connectivity index (χ3n) is 4.21. The molecule has 1 saturated heterocycles. The molecular formula is C19H17ClN2O4. The zero-order chi connectivity index (χ0) is 18.7. The lowest BCUT2D eigenvalue weighted by Crippen LogP contribution is -2.28. The first-order valence-electron chi connectivity index (χ1n) is 8.03. The van der Waals surface area contributed by atoms with Crippen LogP contribution >= 0.6 is 11.6 Å². The predicted octanol–water partition coefficient (Wildman–Crippen LogP) is 3.12. The number of carbonyl (C=O) groups is 3. The van der Waals surface area contributed by atoms with E-state index in [1.165, 1.54) is 12.0 Å². The molecule has 2 amide bonds. The fraction of sp³-hybridized carbons (Fsp3) is 0.211. The van der Waals surface area contributed by atoms with Gasteiger partial charge in [-0.2, -0.15) is 0 Å². The number of rotatable bonds is 4. The van der Waals surface area contributed by atoms with Crippen LogP contribution in [0.2, 0.25) is 5.02 Å². The number of halogens is 1. The molecule has 1 aliphatic heterocycles. The van der Waals surface area contributed by atoms with Gasteiger partial charge in [0.05, 0.1) is 29.3 Å². The highest BCUT2D eigenvalue weighted by molar-refractivity contribution is 6.33. The monoisotopic (exact) mass is 372 g/mol. The number of hydrogen-bond acceptors (Lipinski definition) is 4. The third kappa shape index (κ3) is 3.70. The Kier molecular flexibility index (Phi) is 5.23. The minimum atomic E-state index is -0.499. The van der Waals surface area contributed by atoms with Crippen LogP contribution in [0.3, 0.4) is 0 Å². The first-order valence-corrected chi connectivity index (χ1v) is 8.41. The number of hydrogen-bond donors (Lipinski definition) is 1. The number of para-hydroxylation sites is 1. The maximum Gasteiger partial charge on any atom is 0.337 e. The maximum absolute atomic E-state index is 12.5. The highest BCUT2D eigenvalue weighted by atomic mass is 35.5. The molecule has 0 saturated carbocycles. The molecule has 7 heteroatoms. The number of benzene rings is 2. The molecule has 0 radical (unpaired) electrons. The maximum atomic E-state index is 12.5. The molecular weight excluding hydrogens is 356 g/mol. The van der Waals surface area contributed by atoms with Crippen LogP contribution in [0, 0.1) is 5.92 Å². The van der Waals surface area contributed by atoms with Crippen molar-refractivity contribution in [2.75, 3.05) is 23.9 Å². The molecule has 1 heterocycles. The Morgan fingerprint density at radius 1 is 1.19 bits per heavy atom. The molecule has 0 aromatic heterocycles. The Balaban J connectivity index is 1.73. The second-order valence-electron chi connectivity index (χ2n) is 5.92. The van der Waals surface area contributed by atoms with Crippen molar-refractivity contribution in [3.63, 3.8) is 0 Å². The summed E-state index contributed by atoms with van der Waals surface area (Å²) in [4.78, 5) is 38.0. The van der Waals surface area contributed by atoms with Gasteiger partial charge in [-0.05, 0) is 30.3 Å². The van der Waals surface area contributed by atoms with Gasteiger partial charge in [0, 0.05) is 18.7 Å². The molecule has 0 aliphatic carbocycles. The zero-order valence-corrected chi connectivity index (χ0v) is 14.8. The van der Waals surface area contributed by atoms with Gasteiger partial charge in [-0.15, -0.1) is 0 Å². The van der Waals surface area contributed by atoms with Gasteiger partial charge in [0.15, 0.2) is 0 Å². The highest BCUT2D eigenvalue weighted by Crippen LogP contribution is 2.28. The van der Waals surface area contributed by atoms with Crippen molar-refractivity contribution < 1.29 is 19.1 Å². The molecule has 1 unspecified atom stereocenters. The van der Waals surface area contributed by atoms with E-state index in [0.29, 0.717) is 22.0 Å². The van der Waals surface area contributed by atoms with E-state index in [4.69, 9.17) is 16.3 Å². The largest absolute Gasteiger partial charge is 0.465 e. The number of carbonyl (C=O) groups excluding carboxylic acids is 3. The third-order valence-corrected chi connectivity index (χ3v) is 4.54. The van der Waals surface area contributed by atoms with Gasteiger partial charge in [-0.25, -0.2) is 4.79 Å². The van der Waals surface area contributed by atoms with E-state index in [1.807, 2.05) is 0 Å². The standard InChI is InChI=1S/C19H17ClN2O4/c1-26-19(25)12-5-4-6-14(9-12)22-11-13(10-17(22)23)18(24)21-16-8-3-2-7-15(16)20/h2-9,13H,10-11H2,1H3,(H,21,24). The Hall–Kier alpha value is -2.86. The summed E-state index contributed by atoms with van der Waals surface area (Å²) in [5.74, 6) is -1.42. The summed E-state index contributed by atoms with van der Waals surface area (Å²) in [6.07, 6.45) is 0.0960. The van der Waals surface area contributed by atoms with Crippen LogP contribution in [0.25, 0.3) is 0 Å². The zero-order valence-electron chi connectivity index (χ0n) is 14.1. The summed E-state index contributed by atoms with van der Waals surface area (Å²) >= 11 is 6.05. The Morgan fingerprint density at radius 2 is 1.96 bits per heavy atom. The molecule has 2 aromatic rings. The van der Waals surface area contributed by atoms with Crippen LogP contribution in [0.1, 0.15) is 16.8 Å². The summed E-state index contributed by atoms with van der Waals surface area (Å²) in [6.45, 7) is 0.236. The fourth-order valence-electron chi connectivity index (χ4n) is 2.85. The molecule has 26 heavy (non-hydrogen) atoms. The first kappa shape index (κ1) is 17.9. The Morgan fingerprint density at radius 3 is 2.69 bits per heavy atom. The summed E-state index contributed by atoms with van der Waals surface area (Å²) in [7, 11) is 1.30. The number of methoxy groups -OCH3 is 1. The van der Waals surface area contributed by atoms with Crippen LogP contribution in [0.15, 0.2) is 48.5 Å². The van der Waals surface area contributed by atoms with Crippen LogP contribution in [-0.2, 0) is 14.3 Å². The number of amides is 2. The van der Waals surface area contributed by atoms with Gasteiger partial charge in [0.2, 0.25) is 11.8 Å². The molecule has 1 aliphatic rings. The lowest BCUT2D eigenvalue weighted by molar-refractivity contribution is -0.122. The number of nitrogens with zero attached hydrogens (tertiary/aromatic N) is 1. The van der Waals surface area contributed by atoms with Crippen LogP contribution in [-0.4, -0.2) is 31.4 Å². The van der Waals surface area contributed by atoms with Crippen molar-refractivity contribution in [1.29, 1.82) is 0 Å². The molecule has 0 spiro atoms. The minimum absolute atomic E-state index is 0.0960.